The normalized spacial score (nSPS) is 10.3. The van der Waals surface area contributed by atoms with Crippen LogP contribution < -0.4 is 14.8 Å². The van der Waals surface area contributed by atoms with Crippen molar-refractivity contribution in [3.63, 3.8) is 0 Å². The topological polar surface area (TPSA) is 117 Å². The Balaban J connectivity index is 1.61. The van der Waals surface area contributed by atoms with Crippen molar-refractivity contribution >= 4 is 34.9 Å². The molecular weight excluding hydrogens is 464 g/mol. The first-order chi connectivity index (χ1) is 16.3. The van der Waals surface area contributed by atoms with E-state index in [0.717, 1.165) is 5.56 Å². The molecule has 0 unspecified atom stereocenters. The number of para-hydroxylation sites is 1. The van der Waals surface area contributed by atoms with E-state index in [2.05, 4.69) is 5.32 Å². The molecule has 0 aromatic heterocycles. The summed E-state index contributed by atoms with van der Waals surface area (Å²) in [5, 5.41) is 14.2. The van der Waals surface area contributed by atoms with E-state index in [1.807, 2.05) is 12.1 Å². The summed E-state index contributed by atoms with van der Waals surface area (Å²) < 4.78 is 16.1. The number of nitro groups is 1. The zero-order valence-corrected chi connectivity index (χ0v) is 19.1. The fourth-order valence-corrected chi connectivity index (χ4v) is 3.14. The van der Waals surface area contributed by atoms with Gasteiger partial charge < -0.3 is 19.5 Å². The molecule has 0 saturated heterocycles. The molecule has 0 spiro atoms. The van der Waals surface area contributed by atoms with Gasteiger partial charge in [0.05, 0.1) is 17.6 Å². The Kier molecular flexibility index (Phi) is 8.05. The van der Waals surface area contributed by atoms with Crippen LogP contribution in [0, 0.1) is 17.0 Å². The number of esters is 1. The maximum atomic E-state index is 12.4. The first kappa shape index (κ1) is 24.5. The summed E-state index contributed by atoms with van der Waals surface area (Å²) in [6.45, 7) is 1.27. The Labute approximate surface area is 200 Å². The number of amides is 1. The van der Waals surface area contributed by atoms with Crippen molar-refractivity contribution in [3.05, 3.63) is 92.5 Å². The van der Waals surface area contributed by atoms with Crippen molar-refractivity contribution in [2.75, 3.05) is 19.0 Å². The number of carbonyl (C=O) groups is 2. The lowest BCUT2D eigenvalue weighted by Gasteiger charge is -2.12. The van der Waals surface area contributed by atoms with Crippen LogP contribution in [0.25, 0.3) is 0 Å². The van der Waals surface area contributed by atoms with Crippen molar-refractivity contribution in [2.45, 2.75) is 13.5 Å². The molecule has 0 radical (unpaired) electrons. The second-order valence-corrected chi connectivity index (χ2v) is 7.57. The Morgan fingerprint density at radius 2 is 1.79 bits per heavy atom. The highest BCUT2D eigenvalue weighted by Gasteiger charge is 2.19. The minimum Gasteiger partial charge on any atom is -0.493 e. The lowest BCUT2D eigenvalue weighted by Crippen LogP contribution is -2.22. The zero-order valence-electron chi connectivity index (χ0n) is 18.4. The van der Waals surface area contributed by atoms with Gasteiger partial charge in [-0.2, -0.15) is 0 Å². The van der Waals surface area contributed by atoms with Gasteiger partial charge in [0, 0.05) is 11.1 Å². The van der Waals surface area contributed by atoms with Gasteiger partial charge in [0.2, 0.25) is 0 Å². The third-order valence-electron chi connectivity index (χ3n) is 4.75. The van der Waals surface area contributed by atoms with E-state index >= 15 is 0 Å². The van der Waals surface area contributed by atoms with Gasteiger partial charge in [-0.3, -0.25) is 14.9 Å². The fourth-order valence-electron chi connectivity index (χ4n) is 3.01. The SMILES string of the molecule is COc1cc(C(=O)OCC(=O)Nc2c(C)cccc2[N+](=O)[O-])ccc1OCc1ccc(Cl)cc1. The number of carbonyl (C=O) groups excluding carboxylic acids is 2. The highest BCUT2D eigenvalue weighted by molar-refractivity contribution is 6.30. The van der Waals surface area contributed by atoms with Crippen LogP contribution >= 0.6 is 11.6 Å². The smallest absolute Gasteiger partial charge is 0.338 e. The third-order valence-corrected chi connectivity index (χ3v) is 5.01. The summed E-state index contributed by atoms with van der Waals surface area (Å²) in [6, 6.07) is 16.1. The monoisotopic (exact) mass is 484 g/mol. The number of nitrogens with one attached hydrogen (secondary N) is 1. The summed E-state index contributed by atoms with van der Waals surface area (Å²) >= 11 is 5.88. The van der Waals surface area contributed by atoms with E-state index in [9.17, 15) is 19.7 Å². The maximum absolute atomic E-state index is 12.4. The number of nitrogens with zero attached hydrogens (tertiary/aromatic N) is 1. The van der Waals surface area contributed by atoms with Crippen molar-refractivity contribution in [1.82, 2.24) is 0 Å². The molecule has 176 valence electrons. The molecule has 9 nitrogen and oxygen atoms in total. The van der Waals surface area contributed by atoms with Crippen LogP contribution in [0.1, 0.15) is 21.5 Å². The number of anilines is 1. The lowest BCUT2D eigenvalue weighted by molar-refractivity contribution is -0.384. The van der Waals surface area contributed by atoms with Gasteiger partial charge in [0.1, 0.15) is 12.3 Å². The molecule has 10 heteroatoms. The molecule has 0 aliphatic carbocycles. The highest BCUT2D eigenvalue weighted by Crippen LogP contribution is 2.30. The standard InChI is InChI=1S/C24H21ClN2O7/c1-15-4-3-5-19(27(30)31)23(15)26-22(28)14-34-24(29)17-8-11-20(21(12-17)32-2)33-13-16-6-9-18(25)10-7-16/h3-12H,13-14H2,1-2H3,(H,26,28). The number of rotatable bonds is 9. The predicted octanol–water partition coefficient (Wildman–Crippen LogP) is 4.94. The highest BCUT2D eigenvalue weighted by atomic mass is 35.5. The summed E-state index contributed by atoms with van der Waals surface area (Å²) in [5.74, 6) is -0.750. The number of benzene rings is 3. The second kappa shape index (κ2) is 11.2. The minimum atomic E-state index is -0.767. The average Bonchev–Trinajstić information content (AvgIpc) is 2.83. The largest absolute Gasteiger partial charge is 0.493 e. The Morgan fingerprint density at radius 3 is 2.47 bits per heavy atom. The van der Waals surface area contributed by atoms with Gasteiger partial charge in [-0.1, -0.05) is 35.9 Å². The second-order valence-electron chi connectivity index (χ2n) is 7.13. The summed E-state index contributed by atoms with van der Waals surface area (Å²) in [6.07, 6.45) is 0. The number of aryl methyl sites for hydroxylation is 1. The van der Waals surface area contributed by atoms with Crippen molar-refractivity contribution in [3.8, 4) is 11.5 Å². The molecule has 0 heterocycles. The van der Waals surface area contributed by atoms with Crippen molar-refractivity contribution in [1.29, 1.82) is 0 Å². The first-order valence-electron chi connectivity index (χ1n) is 10.0. The maximum Gasteiger partial charge on any atom is 0.338 e. The van der Waals surface area contributed by atoms with Gasteiger partial charge >= 0.3 is 5.97 Å². The number of methoxy groups -OCH3 is 1. The van der Waals surface area contributed by atoms with Crippen molar-refractivity contribution in [2.24, 2.45) is 0 Å². The molecule has 0 fully saturated rings. The van der Waals surface area contributed by atoms with Crippen LogP contribution in [-0.2, 0) is 16.1 Å². The van der Waals surface area contributed by atoms with Crippen LogP contribution in [0.5, 0.6) is 11.5 Å². The fraction of sp³-hybridized carbons (Fsp3) is 0.167. The molecule has 1 N–H and O–H groups in total. The molecule has 3 aromatic rings. The van der Waals surface area contributed by atoms with E-state index < -0.39 is 23.4 Å². The van der Waals surface area contributed by atoms with Crippen LogP contribution in [0.3, 0.4) is 0 Å². The number of hydrogen-bond donors (Lipinski definition) is 1. The quantitative estimate of drug-likeness (QED) is 0.259. The van der Waals surface area contributed by atoms with Crippen LogP contribution in [0.4, 0.5) is 11.4 Å². The van der Waals surface area contributed by atoms with E-state index in [0.29, 0.717) is 22.1 Å². The zero-order chi connectivity index (χ0) is 24.7. The Morgan fingerprint density at radius 1 is 1.06 bits per heavy atom. The number of halogens is 1. The summed E-state index contributed by atoms with van der Waals surface area (Å²) in [4.78, 5) is 35.2. The molecule has 0 atom stereocenters. The van der Waals surface area contributed by atoms with E-state index in [1.165, 1.54) is 31.4 Å². The molecule has 0 aliphatic heterocycles. The Bertz CT molecular complexity index is 1210. The predicted molar refractivity (Wildman–Crippen MR) is 126 cm³/mol. The van der Waals surface area contributed by atoms with E-state index in [4.69, 9.17) is 25.8 Å². The van der Waals surface area contributed by atoms with Gasteiger partial charge in [-0.25, -0.2) is 4.79 Å². The molecule has 0 bridgehead atoms. The summed E-state index contributed by atoms with van der Waals surface area (Å²) in [5.41, 5.74) is 1.35. The minimum absolute atomic E-state index is 0.0532. The number of nitro benzene ring substituents is 1. The molecule has 0 aliphatic rings. The van der Waals surface area contributed by atoms with Gasteiger partial charge in [-0.15, -0.1) is 0 Å². The first-order valence-corrected chi connectivity index (χ1v) is 10.4. The average molecular weight is 485 g/mol. The Hall–Kier alpha value is -4.11. The lowest BCUT2D eigenvalue weighted by atomic mass is 10.1. The molecule has 3 aromatic carbocycles. The van der Waals surface area contributed by atoms with Gasteiger partial charge in [0.25, 0.3) is 11.6 Å². The van der Waals surface area contributed by atoms with E-state index in [-0.39, 0.29) is 23.5 Å². The molecule has 1 amide bonds. The third kappa shape index (κ3) is 6.23. The molecule has 34 heavy (non-hydrogen) atoms. The van der Waals surface area contributed by atoms with Crippen LogP contribution in [0.2, 0.25) is 5.02 Å². The van der Waals surface area contributed by atoms with Crippen LogP contribution in [-0.4, -0.2) is 30.5 Å². The molecule has 0 saturated carbocycles. The van der Waals surface area contributed by atoms with Gasteiger partial charge in [0.15, 0.2) is 18.1 Å². The van der Waals surface area contributed by atoms with E-state index in [1.54, 1.807) is 31.2 Å². The van der Waals surface area contributed by atoms with Crippen molar-refractivity contribution < 1.29 is 28.7 Å². The molecular formula is C24H21ClN2O7. The summed E-state index contributed by atoms with van der Waals surface area (Å²) in [7, 11) is 1.43. The number of ether oxygens (including phenoxy) is 3. The van der Waals surface area contributed by atoms with Gasteiger partial charge in [-0.05, 0) is 48.4 Å². The van der Waals surface area contributed by atoms with Crippen LogP contribution in [0.15, 0.2) is 60.7 Å². The number of hydrogen-bond acceptors (Lipinski definition) is 7. The molecule has 3 rings (SSSR count).